The molecular weight excluding hydrogens is 388 g/mol. The Morgan fingerprint density at radius 3 is 2.87 bits per heavy atom. The molecule has 0 bridgehead atoms. The molecule has 172 valence electrons. The topological polar surface area (TPSA) is 58.1 Å². The van der Waals surface area contributed by atoms with Gasteiger partial charge in [0.1, 0.15) is 12.4 Å². The van der Waals surface area contributed by atoms with Gasteiger partial charge in [-0.3, -0.25) is 9.89 Å². The fourth-order valence-electron chi connectivity index (χ4n) is 4.24. The number of benzene rings is 1. The summed E-state index contributed by atoms with van der Waals surface area (Å²) in [6.45, 7) is 5.03. The number of rotatable bonds is 10. The van der Waals surface area contributed by atoms with Crippen LogP contribution in [0, 0.1) is 0 Å². The minimum Gasteiger partial charge on any atom is -0.492 e. The predicted octanol–water partition coefficient (Wildman–Crippen LogP) is 3.73. The molecule has 1 heterocycles. The first-order valence-electron chi connectivity index (χ1n) is 11.9. The van der Waals surface area contributed by atoms with Crippen LogP contribution in [0.5, 0.6) is 5.75 Å². The van der Waals surface area contributed by atoms with Crippen LogP contribution < -0.4 is 15.4 Å². The molecule has 1 aromatic rings. The maximum atomic E-state index is 6.02. The molecule has 1 aliphatic heterocycles. The maximum absolute atomic E-state index is 6.02. The number of allylic oxidation sites excluding steroid dienone is 1. The highest BCUT2D eigenvalue weighted by Crippen LogP contribution is 2.19. The Kier molecular flexibility index (Phi) is 10.2. The van der Waals surface area contributed by atoms with Gasteiger partial charge in [-0.1, -0.05) is 23.8 Å². The fraction of sp³-hybridized carbons (Fsp3) is 0.640. The molecule has 6 heteroatoms. The van der Waals surface area contributed by atoms with Crippen LogP contribution in [0.2, 0.25) is 0 Å². The van der Waals surface area contributed by atoms with Gasteiger partial charge in [0.25, 0.3) is 0 Å². The van der Waals surface area contributed by atoms with Gasteiger partial charge in [-0.15, -0.1) is 0 Å². The molecular formula is C25H40N4O2. The molecule has 6 nitrogen and oxygen atoms in total. The van der Waals surface area contributed by atoms with Crippen molar-refractivity contribution in [1.29, 1.82) is 0 Å². The Hall–Kier alpha value is -2.05. The molecule has 0 amide bonds. The molecule has 2 aliphatic rings. The van der Waals surface area contributed by atoms with Gasteiger partial charge in [-0.2, -0.15) is 0 Å². The third-order valence-corrected chi connectivity index (χ3v) is 6.23. The van der Waals surface area contributed by atoms with Crippen molar-refractivity contribution in [2.45, 2.75) is 57.5 Å². The van der Waals surface area contributed by atoms with Crippen molar-refractivity contribution in [3.63, 3.8) is 0 Å². The second-order valence-corrected chi connectivity index (χ2v) is 8.53. The van der Waals surface area contributed by atoms with E-state index in [2.05, 4.69) is 51.8 Å². The van der Waals surface area contributed by atoms with Gasteiger partial charge in [0, 0.05) is 45.9 Å². The van der Waals surface area contributed by atoms with Crippen LogP contribution in [0.1, 0.15) is 50.5 Å². The van der Waals surface area contributed by atoms with Crippen LogP contribution >= 0.6 is 0 Å². The highest BCUT2D eigenvalue weighted by Gasteiger charge is 2.18. The summed E-state index contributed by atoms with van der Waals surface area (Å²) in [6, 6.07) is 8.93. The molecule has 3 rings (SSSR count). The van der Waals surface area contributed by atoms with Gasteiger partial charge >= 0.3 is 0 Å². The number of nitrogens with one attached hydrogen (secondary N) is 2. The standard InChI is InChI=1S/C25H40N4O2/c1-26-25(27-14-11-21-7-4-3-5-8-21)28-20-22-9-6-10-24(19-22)31-18-15-29(2)23-12-16-30-17-13-23/h6-7,9-10,19,23H,3-5,8,11-18,20H2,1-2H3,(H2,26,27,28). The third kappa shape index (κ3) is 8.54. The van der Waals surface area contributed by atoms with Crippen molar-refractivity contribution in [2.24, 2.45) is 4.99 Å². The summed E-state index contributed by atoms with van der Waals surface area (Å²) in [5.74, 6) is 1.77. The monoisotopic (exact) mass is 428 g/mol. The average Bonchev–Trinajstić information content (AvgIpc) is 2.82. The Bertz CT molecular complexity index is 713. The minimum absolute atomic E-state index is 0.613. The van der Waals surface area contributed by atoms with Crippen LogP contribution in [-0.2, 0) is 11.3 Å². The molecule has 0 radical (unpaired) electrons. The quantitative estimate of drug-likeness (QED) is 0.338. The van der Waals surface area contributed by atoms with Crippen LogP contribution in [0.15, 0.2) is 40.9 Å². The summed E-state index contributed by atoms with van der Waals surface area (Å²) in [7, 11) is 4.01. The van der Waals surface area contributed by atoms with Crippen molar-refractivity contribution >= 4 is 5.96 Å². The van der Waals surface area contributed by atoms with Crippen molar-refractivity contribution in [2.75, 3.05) is 47.0 Å². The highest BCUT2D eigenvalue weighted by atomic mass is 16.5. The fourth-order valence-corrected chi connectivity index (χ4v) is 4.24. The van der Waals surface area contributed by atoms with E-state index in [0.29, 0.717) is 12.6 Å². The molecule has 0 spiro atoms. The first kappa shape index (κ1) is 23.6. The smallest absolute Gasteiger partial charge is 0.191 e. The van der Waals surface area contributed by atoms with Crippen LogP contribution in [0.25, 0.3) is 0 Å². The highest BCUT2D eigenvalue weighted by molar-refractivity contribution is 5.79. The SMILES string of the molecule is CN=C(NCCC1=CCCCC1)NCc1cccc(OCCN(C)C2CCOCC2)c1. The van der Waals surface area contributed by atoms with Crippen LogP contribution in [0.3, 0.4) is 0 Å². The van der Waals surface area contributed by atoms with Gasteiger partial charge in [0.2, 0.25) is 0 Å². The zero-order chi connectivity index (χ0) is 21.7. The van der Waals surface area contributed by atoms with E-state index < -0.39 is 0 Å². The van der Waals surface area contributed by atoms with Crippen molar-refractivity contribution in [3.8, 4) is 5.75 Å². The lowest BCUT2D eigenvalue weighted by Gasteiger charge is -2.31. The maximum Gasteiger partial charge on any atom is 0.191 e. The van der Waals surface area contributed by atoms with Gasteiger partial charge in [0.05, 0.1) is 0 Å². The number of nitrogens with zero attached hydrogens (tertiary/aromatic N) is 2. The van der Waals surface area contributed by atoms with E-state index in [4.69, 9.17) is 9.47 Å². The summed E-state index contributed by atoms with van der Waals surface area (Å²) in [4.78, 5) is 6.75. The normalized spacial score (nSPS) is 18.0. The van der Waals surface area contributed by atoms with Gasteiger partial charge < -0.3 is 20.1 Å². The number of likely N-dealkylation sites (N-methyl/N-ethyl adjacent to an activating group) is 1. The second kappa shape index (κ2) is 13.4. The molecule has 0 atom stereocenters. The van der Waals surface area contributed by atoms with Gasteiger partial charge in [-0.25, -0.2) is 0 Å². The predicted molar refractivity (Wildman–Crippen MR) is 128 cm³/mol. The number of hydrogen-bond acceptors (Lipinski definition) is 4. The first-order chi connectivity index (χ1) is 15.2. The van der Waals surface area contributed by atoms with Crippen LogP contribution in [-0.4, -0.2) is 63.9 Å². The van der Waals surface area contributed by atoms with E-state index in [1.165, 1.54) is 31.2 Å². The van der Waals surface area contributed by atoms with E-state index in [-0.39, 0.29) is 0 Å². The largest absolute Gasteiger partial charge is 0.492 e. The minimum atomic E-state index is 0.613. The third-order valence-electron chi connectivity index (χ3n) is 6.23. The molecule has 0 aromatic heterocycles. The molecule has 1 saturated heterocycles. The summed E-state index contributed by atoms with van der Waals surface area (Å²) < 4.78 is 11.5. The zero-order valence-corrected chi connectivity index (χ0v) is 19.4. The van der Waals surface area contributed by atoms with E-state index in [9.17, 15) is 0 Å². The number of ether oxygens (including phenoxy) is 2. The van der Waals surface area contributed by atoms with E-state index in [0.717, 1.165) is 63.8 Å². The molecule has 0 unspecified atom stereocenters. The lowest BCUT2D eigenvalue weighted by molar-refractivity contribution is 0.0392. The average molecular weight is 429 g/mol. The second-order valence-electron chi connectivity index (χ2n) is 8.53. The van der Waals surface area contributed by atoms with Crippen molar-refractivity contribution < 1.29 is 9.47 Å². The Morgan fingerprint density at radius 2 is 2.10 bits per heavy atom. The number of aliphatic imine (C=N–C) groups is 1. The Labute approximate surface area is 188 Å². The van der Waals surface area contributed by atoms with Gasteiger partial charge in [0.15, 0.2) is 5.96 Å². The molecule has 1 fully saturated rings. The molecule has 1 aliphatic carbocycles. The summed E-state index contributed by atoms with van der Waals surface area (Å²) in [5.41, 5.74) is 2.77. The van der Waals surface area contributed by atoms with Crippen molar-refractivity contribution in [3.05, 3.63) is 41.5 Å². The van der Waals surface area contributed by atoms with Crippen molar-refractivity contribution in [1.82, 2.24) is 15.5 Å². The van der Waals surface area contributed by atoms with Gasteiger partial charge in [-0.05, 0) is 69.7 Å². The molecule has 2 N–H and O–H groups in total. The summed E-state index contributed by atoms with van der Waals surface area (Å²) >= 11 is 0. The number of guanidine groups is 1. The first-order valence-corrected chi connectivity index (χ1v) is 11.9. The van der Waals surface area contributed by atoms with E-state index in [1.54, 1.807) is 5.57 Å². The van der Waals surface area contributed by atoms with E-state index in [1.807, 2.05) is 13.1 Å². The summed E-state index contributed by atoms with van der Waals surface area (Å²) in [6.07, 6.45) is 10.9. The number of hydrogen-bond donors (Lipinski definition) is 2. The van der Waals surface area contributed by atoms with Crippen LogP contribution in [0.4, 0.5) is 0 Å². The lowest BCUT2D eigenvalue weighted by Crippen LogP contribution is -2.38. The molecule has 0 saturated carbocycles. The molecule has 31 heavy (non-hydrogen) atoms. The lowest BCUT2D eigenvalue weighted by atomic mass is 9.97. The Balaban J connectivity index is 1.36. The Morgan fingerprint density at radius 1 is 1.23 bits per heavy atom. The zero-order valence-electron chi connectivity index (χ0n) is 19.4. The molecule has 1 aromatic carbocycles. The van der Waals surface area contributed by atoms with E-state index >= 15 is 0 Å². The summed E-state index contributed by atoms with van der Waals surface area (Å²) in [5, 5.41) is 6.84.